The van der Waals surface area contributed by atoms with Gasteiger partial charge >= 0.3 is 0 Å². The van der Waals surface area contributed by atoms with Gasteiger partial charge in [-0.15, -0.1) is 0 Å². The summed E-state index contributed by atoms with van der Waals surface area (Å²) in [5, 5.41) is 2.26. The second-order valence-electron chi connectivity index (χ2n) is 5.18. The van der Waals surface area contributed by atoms with Crippen LogP contribution in [0.15, 0.2) is 42.6 Å². The molecule has 2 aromatic heterocycles. The van der Waals surface area contributed by atoms with Gasteiger partial charge in [0.1, 0.15) is 10.3 Å². The van der Waals surface area contributed by atoms with Gasteiger partial charge in [-0.05, 0) is 36.3 Å². The van der Waals surface area contributed by atoms with Gasteiger partial charge in [-0.25, -0.2) is 4.98 Å². The van der Waals surface area contributed by atoms with E-state index in [0.717, 1.165) is 22.3 Å². The molecule has 0 amide bonds. The summed E-state index contributed by atoms with van der Waals surface area (Å²) in [4.78, 5) is 12.4. The Balaban J connectivity index is 1.97. The Morgan fingerprint density at radius 2 is 2.00 bits per heavy atom. The van der Waals surface area contributed by atoms with E-state index < -0.39 is 0 Å². The first-order chi connectivity index (χ1) is 9.81. The standard InChI is InChI=1S/C16H13N3S/c20-14-9-13(11-5-6-11)18-16(19-14)15-12-4-2-1-3-10(12)7-8-17-15/h1-4,7-9,11H,5-6H2,(H,18,19,20). The van der Waals surface area contributed by atoms with Crippen LogP contribution in [0, 0.1) is 4.64 Å². The highest BCUT2D eigenvalue weighted by atomic mass is 32.1. The Kier molecular flexibility index (Phi) is 2.63. The van der Waals surface area contributed by atoms with Gasteiger partial charge in [0.25, 0.3) is 0 Å². The highest BCUT2D eigenvalue weighted by Gasteiger charge is 2.25. The molecule has 1 aromatic carbocycles. The summed E-state index contributed by atoms with van der Waals surface area (Å²) in [6.07, 6.45) is 4.29. The molecule has 0 aliphatic heterocycles. The van der Waals surface area contributed by atoms with Gasteiger partial charge in [-0.3, -0.25) is 4.98 Å². The third-order valence-electron chi connectivity index (χ3n) is 3.68. The SMILES string of the molecule is S=c1cc(C2CC2)[nH]c(-c2nccc3ccccc23)n1. The number of aromatic amines is 1. The van der Waals surface area contributed by atoms with E-state index in [4.69, 9.17) is 12.2 Å². The Morgan fingerprint density at radius 3 is 2.85 bits per heavy atom. The fraction of sp³-hybridized carbons (Fsp3) is 0.188. The number of nitrogens with one attached hydrogen (secondary N) is 1. The highest BCUT2D eigenvalue weighted by Crippen LogP contribution is 2.39. The summed E-state index contributed by atoms with van der Waals surface area (Å²) in [5.41, 5.74) is 2.06. The topological polar surface area (TPSA) is 41.6 Å². The van der Waals surface area contributed by atoms with E-state index in [9.17, 15) is 0 Å². The predicted octanol–water partition coefficient (Wildman–Crippen LogP) is 4.23. The van der Waals surface area contributed by atoms with Crippen molar-refractivity contribution in [3.63, 3.8) is 0 Å². The van der Waals surface area contributed by atoms with E-state index in [2.05, 4.69) is 27.1 Å². The Labute approximate surface area is 121 Å². The van der Waals surface area contributed by atoms with Gasteiger partial charge in [0.2, 0.25) is 0 Å². The van der Waals surface area contributed by atoms with Crippen molar-refractivity contribution < 1.29 is 0 Å². The van der Waals surface area contributed by atoms with Crippen molar-refractivity contribution in [3.05, 3.63) is 52.9 Å². The third kappa shape index (κ3) is 2.02. The smallest absolute Gasteiger partial charge is 0.158 e. The molecule has 4 heteroatoms. The summed E-state index contributed by atoms with van der Waals surface area (Å²) in [6, 6.07) is 12.2. The quantitative estimate of drug-likeness (QED) is 0.714. The van der Waals surface area contributed by atoms with Crippen LogP contribution in [0.3, 0.4) is 0 Å². The summed E-state index contributed by atoms with van der Waals surface area (Å²) in [7, 11) is 0. The van der Waals surface area contributed by atoms with Crippen LogP contribution in [0.25, 0.3) is 22.3 Å². The largest absolute Gasteiger partial charge is 0.342 e. The van der Waals surface area contributed by atoms with Gasteiger partial charge in [0.05, 0.1) is 0 Å². The Bertz CT molecular complexity index is 844. The van der Waals surface area contributed by atoms with Gasteiger partial charge < -0.3 is 4.98 Å². The van der Waals surface area contributed by atoms with Crippen molar-refractivity contribution in [3.8, 4) is 11.5 Å². The van der Waals surface area contributed by atoms with Crippen molar-refractivity contribution >= 4 is 23.0 Å². The molecular formula is C16H13N3S. The van der Waals surface area contributed by atoms with E-state index in [1.165, 1.54) is 18.5 Å². The average molecular weight is 279 g/mol. The zero-order chi connectivity index (χ0) is 13.5. The maximum Gasteiger partial charge on any atom is 0.158 e. The molecule has 0 bridgehead atoms. The number of rotatable bonds is 2. The lowest BCUT2D eigenvalue weighted by molar-refractivity contribution is 0.983. The molecule has 1 fully saturated rings. The van der Waals surface area contributed by atoms with Crippen molar-refractivity contribution in [2.24, 2.45) is 0 Å². The second-order valence-corrected chi connectivity index (χ2v) is 5.60. The summed E-state index contributed by atoms with van der Waals surface area (Å²) >= 11 is 5.30. The van der Waals surface area contributed by atoms with Crippen molar-refractivity contribution in [1.82, 2.24) is 15.0 Å². The molecule has 4 rings (SSSR count). The minimum Gasteiger partial charge on any atom is -0.342 e. The number of pyridine rings is 1. The minimum absolute atomic E-state index is 0.619. The maximum absolute atomic E-state index is 5.30. The lowest BCUT2D eigenvalue weighted by Gasteiger charge is -2.07. The number of aromatic nitrogens is 3. The molecule has 1 aliphatic rings. The minimum atomic E-state index is 0.619. The average Bonchev–Trinajstić information content (AvgIpc) is 3.30. The zero-order valence-electron chi connectivity index (χ0n) is 10.8. The molecule has 3 nitrogen and oxygen atoms in total. The van der Waals surface area contributed by atoms with E-state index >= 15 is 0 Å². The molecule has 20 heavy (non-hydrogen) atoms. The monoisotopic (exact) mass is 279 g/mol. The van der Waals surface area contributed by atoms with Crippen molar-refractivity contribution in [2.45, 2.75) is 18.8 Å². The number of H-pyrrole nitrogens is 1. The van der Waals surface area contributed by atoms with Crippen molar-refractivity contribution in [2.75, 3.05) is 0 Å². The summed E-state index contributed by atoms with van der Waals surface area (Å²) in [6.45, 7) is 0. The first kappa shape index (κ1) is 11.7. The molecule has 0 radical (unpaired) electrons. The number of fused-ring (bicyclic) bond motifs is 1. The van der Waals surface area contributed by atoms with Crippen LogP contribution in [0.4, 0.5) is 0 Å². The lowest BCUT2D eigenvalue weighted by Crippen LogP contribution is -1.97. The summed E-state index contributed by atoms with van der Waals surface area (Å²) in [5.74, 6) is 1.39. The molecule has 2 heterocycles. The van der Waals surface area contributed by atoms with Gasteiger partial charge in [-0.1, -0.05) is 36.5 Å². The third-order valence-corrected chi connectivity index (χ3v) is 3.89. The first-order valence-corrected chi connectivity index (χ1v) is 7.17. The fourth-order valence-electron chi connectivity index (χ4n) is 2.51. The van der Waals surface area contributed by atoms with Crippen LogP contribution in [0.1, 0.15) is 24.5 Å². The molecule has 0 saturated heterocycles. The van der Waals surface area contributed by atoms with Crippen LogP contribution in [-0.2, 0) is 0 Å². The van der Waals surface area contributed by atoms with Crippen molar-refractivity contribution in [1.29, 1.82) is 0 Å². The second kappa shape index (κ2) is 4.49. The van der Waals surface area contributed by atoms with Crippen LogP contribution >= 0.6 is 12.2 Å². The molecule has 0 atom stereocenters. The first-order valence-electron chi connectivity index (χ1n) is 6.77. The van der Waals surface area contributed by atoms with E-state index in [1.807, 2.05) is 30.5 Å². The fourth-order valence-corrected chi connectivity index (χ4v) is 2.73. The molecule has 1 N–H and O–H groups in total. The molecule has 0 spiro atoms. The number of nitrogens with zero attached hydrogens (tertiary/aromatic N) is 2. The zero-order valence-corrected chi connectivity index (χ0v) is 11.7. The maximum atomic E-state index is 5.30. The number of hydrogen-bond donors (Lipinski definition) is 1. The number of benzene rings is 1. The Hall–Kier alpha value is -2.07. The Morgan fingerprint density at radius 1 is 1.15 bits per heavy atom. The highest BCUT2D eigenvalue weighted by molar-refractivity contribution is 7.71. The van der Waals surface area contributed by atoms with Gasteiger partial charge in [0, 0.05) is 17.3 Å². The van der Waals surface area contributed by atoms with E-state index in [0.29, 0.717) is 10.6 Å². The number of hydrogen-bond acceptors (Lipinski definition) is 3. The van der Waals surface area contributed by atoms with Gasteiger partial charge in [0.15, 0.2) is 5.82 Å². The molecule has 1 saturated carbocycles. The molecule has 3 aromatic rings. The predicted molar refractivity (Wildman–Crippen MR) is 82.1 cm³/mol. The normalized spacial score (nSPS) is 14.6. The molecule has 0 unspecified atom stereocenters. The van der Waals surface area contributed by atoms with Gasteiger partial charge in [-0.2, -0.15) is 0 Å². The molecular weight excluding hydrogens is 266 g/mol. The van der Waals surface area contributed by atoms with E-state index in [-0.39, 0.29) is 0 Å². The van der Waals surface area contributed by atoms with Crippen LogP contribution in [0.5, 0.6) is 0 Å². The molecule has 98 valence electrons. The molecule has 1 aliphatic carbocycles. The van der Waals surface area contributed by atoms with Crippen LogP contribution < -0.4 is 0 Å². The van der Waals surface area contributed by atoms with E-state index in [1.54, 1.807) is 0 Å². The van der Waals surface area contributed by atoms with Crippen LogP contribution in [0.2, 0.25) is 0 Å². The van der Waals surface area contributed by atoms with Crippen LogP contribution in [-0.4, -0.2) is 15.0 Å². The lowest BCUT2D eigenvalue weighted by atomic mass is 10.1. The summed E-state index contributed by atoms with van der Waals surface area (Å²) < 4.78 is 0.635.